The van der Waals surface area contributed by atoms with Crippen LogP contribution in [0.2, 0.25) is 5.02 Å². The maximum Gasteiger partial charge on any atom is 0.261 e. The molecule has 0 aliphatic carbocycles. The highest BCUT2D eigenvalue weighted by atomic mass is 35.5. The Morgan fingerprint density at radius 3 is 2.33 bits per heavy atom. The van der Waals surface area contributed by atoms with Gasteiger partial charge in [0.2, 0.25) is 0 Å². The van der Waals surface area contributed by atoms with Gasteiger partial charge >= 0.3 is 0 Å². The topological polar surface area (TPSA) is 46.2 Å². The number of anilines is 1. The van der Waals surface area contributed by atoms with Crippen molar-refractivity contribution in [2.75, 3.05) is 4.72 Å². The minimum absolute atomic E-state index is 0.261. The Morgan fingerprint density at radius 2 is 1.76 bits per heavy atom. The smallest absolute Gasteiger partial charge is 0.261 e. The summed E-state index contributed by atoms with van der Waals surface area (Å²) in [6.45, 7) is 3.91. The molecular formula is C16H18ClNO2S. The third-order valence-electron chi connectivity index (χ3n) is 3.21. The largest absolute Gasteiger partial charge is 0.279 e. The molecular weight excluding hydrogens is 306 g/mol. The second kappa shape index (κ2) is 6.50. The fraction of sp³-hybridized carbons (Fsp3) is 0.250. The summed E-state index contributed by atoms with van der Waals surface area (Å²) in [5.74, 6) is 0. The summed E-state index contributed by atoms with van der Waals surface area (Å²) in [7, 11) is -3.57. The van der Waals surface area contributed by atoms with E-state index in [0.29, 0.717) is 10.7 Å². The molecule has 3 nitrogen and oxygen atoms in total. The van der Waals surface area contributed by atoms with Crippen molar-refractivity contribution in [1.29, 1.82) is 0 Å². The second-order valence-corrected chi connectivity index (χ2v) is 7.08. The molecule has 0 spiro atoms. The van der Waals surface area contributed by atoms with Crippen LogP contribution in [0.25, 0.3) is 0 Å². The van der Waals surface area contributed by atoms with Crippen molar-refractivity contribution in [1.82, 2.24) is 0 Å². The molecule has 0 aliphatic rings. The summed E-state index contributed by atoms with van der Waals surface area (Å²) < 4.78 is 27.3. The lowest BCUT2D eigenvalue weighted by molar-refractivity contribution is 0.601. The van der Waals surface area contributed by atoms with Crippen LogP contribution in [0.4, 0.5) is 5.69 Å². The molecule has 112 valence electrons. The highest BCUT2D eigenvalue weighted by Gasteiger charge is 2.15. The first kappa shape index (κ1) is 15.9. The molecule has 0 aromatic heterocycles. The molecule has 0 aliphatic heterocycles. The van der Waals surface area contributed by atoms with Crippen molar-refractivity contribution in [3.8, 4) is 0 Å². The zero-order valence-corrected chi connectivity index (χ0v) is 13.6. The molecule has 0 fully saturated rings. The summed E-state index contributed by atoms with van der Waals surface area (Å²) in [6.07, 6.45) is 1.98. The van der Waals surface area contributed by atoms with E-state index in [2.05, 4.69) is 11.6 Å². The summed E-state index contributed by atoms with van der Waals surface area (Å²) in [4.78, 5) is 0.261. The Kier molecular flexibility index (Phi) is 4.91. The zero-order valence-electron chi connectivity index (χ0n) is 12.1. The molecule has 0 bridgehead atoms. The van der Waals surface area contributed by atoms with Gasteiger partial charge in [0.1, 0.15) is 0 Å². The molecule has 0 amide bonds. The number of hydrogen-bond donors (Lipinski definition) is 1. The average molecular weight is 324 g/mol. The van der Waals surface area contributed by atoms with E-state index in [1.54, 1.807) is 30.3 Å². The first-order valence-electron chi connectivity index (χ1n) is 6.80. The lowest BCUT2D eigenvalue weighted by Gasteiger charge is -2.11. The molecule has 0 saturated heterocycles. The normalized spacial score (nSPS) is 11.4. The van der Waals surface area contributed by atoms with Crippen LogP contribution in [0.5, 0.6) is 0 Å². The molecule has 1 N–H and O–H groups in total. The van der Waals surface area contributed by atoms with Gasteiger partial charge in [-0.2, -0.15) is 0 Å². The van der Waals surface area contributed by atoms with Gasteiger partial charge in [-0.1, -0.05) is 37.1 Å². The quantitative estimate of drug-likeness (QED) is 0.886. The van der Waals surface area contributed by atoms with E-state index in [0.717, 1.165) is 24.0 Å². The minimum atomic E-state index is -3.57. The highest BCUT2D eigenvalue weighted by molar-refractivity contribution is 7.92. The Bertz CT molecular complexity index is 724. The molecule has 2 rings (SSSR count). The summed E-state index contributed by atoms with van der Waals surface area (Å²) in [6, 6.07) is 12.0. The van der Waals surface area contributed by atoms with Crippen molar-refractivity contribution in [2.24, 2.45) is 0 Å². The monoisotopic (exact) mass is 323 g/mol. The molecule has 21 heavy (non-hydrogen) atoms. The third kappa shape index (κ3) is 3.99. The van der Waals surface area contributed by atoms with E-state index in [-0.39, 0.29) is 4.90 Å². The van der Waals surface area contributed by atoms with E-state index in [4.69, 9.17) is 11.6 Å². The third-order valence-corrected chi connectivity index (χ3v) is 4.82. The van der Waals surface area contributed by atoms with E-state index in [1.807, 2.05) is 19.1 Å². The fourth-order valence-corrected chi connectivity index (χ4v) is 3.43. The standard InChI is InChI=1S/C16H18ClNO2S/c1-3-4-13-5-8-15(9-6-13)21(19,20)18-16-10-7-14(17)11-12(16)2/h5-11,18H,3-4H2,1-2H3. The van der Waals surface area contributed by atoms with Gasteiger partial charge in [-0.25, -0.2) is 8.42 Å². The summed E-state index contributed by atoms with van der Waals surface area (Å²) in [5, 5.41) is 0.583. The lowest BCUT2D eigenvalue weighted by atomic mass is 10.1. The number of nitrogens with one attached hydrogen (secondary N) is 1. The second-order valence-electron chi connectivity index (χ2n) is 4.96. The molecule has 2 aromatic rings. The van der Waals surface area contributed by atoms with Crippen LogP contribution in [0, 0.1) is 6.92 Å². The average Bonchev–Trinajstić information content (AvgIpc) is 2.43. The van der Waals surface area contributed by atoms with E-state index in [1.165, 1.54) is 0 Å². The molecule has 0 heterocycles. The summed E-state index contributed by atoms with van der Waals surface area (Å²) >= 11 is 5.88. The van der Waals surface area contributed by atoms with Crippen LogP contribution < -0.4 is 4.72 Å². The highest BCUT2D eigenvalue weighted by Crippen LogP contribution is 2.23. The zero-order chi connectivity index (χ0) is 15.5. The van der Waals surface area contributed by atoms with Crippen LogP contribution in [-0.4, -0.2) is 8.42 Å². The van der Waals surface area contributed by atoms with Gasteiger partial charge in [-0.05, 0) is 54.8 Å². The predicted octanol–water partition coefficient (Wildman–Crippen LogP) is 4.40. The van der Waals surface area contributed by atoms with Crippen molar-refractivity contribution in [3.05, 3.63) is 58.6 Å². The molecule has 5 heteroatoms. The first-order valence-corrected chi connectivity index (χ1v) is 8.66. The lowest BCUT2D eigenvalue weighted by Crippen LogP contribution is -2.13. The Morgan fingerprint density at radius 1 is 1.10 bits per heavy atom. The number of aryl methyl sites for hydroxylation is 2. The van der Waals surface area contributed by atoms with Crippen LogP contribution >= 0.6 is 11.6 Å². The Labute approximate surface area is 131 Å². The van der Waals surface area contributed by atoms with Gasteiger partial charge in [0.15, 0.2) is 0 Å². The van der Waals surface area contributed by atoms with Crippen molar-refractivity contribution in [2.45, 2.75) is 31.6 Å². The van der Waals surface area contributed by atoms with Crippen molar-refractivity contribution in [3.63, 3.8) is 0 Å². The van der Waals surface area contributed by atoms with Gasteiger partial charge in [-0.15, -0.1) is 0 Å². The van der Waals surface area contributed by atoms with Gasteiger partial charge in [0, 0.05) is 5.02 Å². The molecule has 0 unspecified atom stereocenters. The van der Waals surface area contributed by atoms with Gasteiger partial charge in [0.25, 0.3) is 10.0 Å². The maximum absolute atomic E-state index is 12.4. The number of rotatable bonds is 5. The SMILES string of the molecule is CCCc1ccc(S(=O)(=O)Nc2ccc(Cl)cc2C)cc1. The van der Waals surface area contributed by atoms with Gasteiger partial charge in [-0.3, -0.25) is 4.72 Å². The number of benzene rings is 2. The first-order chi connectivity index (χ1) is 9.92. The number of hydrogen-bond acceptors (Lipinski definition) is 2. The van der Waals surface area contributed by atoms with E-state index < -0.39 is 10.0 Å². The van der Waals surface area contributed by atoms with Crippen LogP contribution in [0.1, 0.15) is 24.5 Å². The Hall–Kier alpha value is -1.52. The molecule has 0 atom stereocenters. The van der Waals surface area contributed by atoms with Crippen molar-refractivity contribution < 1.29 is 8.42 Å². The van der Waals surface area contributed by atoms with Gasteiger partial charge < -0.3 is 0 Å². The minimum Gasteiger partial charge on any atom is -0.279 e. The van der Waals surface area contributed by atoms with E-state index >= 15 is 0 Å². The predicted molar refractivity (Wildman–Crippen MR) is 87.4 cm³/mol. The van der Waals surface area contributed by atoms with Crippen LogP contribution in [-0.2, 0) is 16.4 Å². The molecule has 0 radical (unpaired) electrons. The molecule has 0 saturated carbocycles. The number of sulfonamides is 1. The fourth-order valence-electron chi connectivity index (χ4n) is 2.07. The van der Waals surface area contributed by atoms with E-state index in [9.17, 15) is 8.42 Å². The molecule has 2 aromatic carbocycles. The number of halogens is 1. The summed E-state index contributed by atoms with van der Waals surface area (Å²) in [5.41, 5.74) is 2.46. The van der Waals surface area contributed by atoms with Crippen LogP contribution in [0.3, 0.4) is 0 Å². The van der Waals surface area contributed by atoms with Gasteiger partial charge in [0.05, 0.1) is 10.6 Å². The maximum atomic E-state index is 12.4. The van der Waals surface area contributed by atoms with Crippen LogP contribution in [0.15, 0.2) is 47.4 Å². The van der Waals surface area contributed by atoms with Crippen molar-refractivity contribution >= 4 is 27.3 Å². The Balaban J connectivity index is 2.25.